The SMILES string of the molecule is Cc1cc2c(cc(-c3cc(-c4ccc(CC(C)(C)C)s4)c(C(F)(F)F)cn3)c3ccccc32)s1. The van der Waals surface area contributed by atoms with Crippen LogP contribution in [0.2, 0.25) is 0 Å². The Morgan fingerprint density at radius 3 is 2.26 bits per heavy atom. The number of alkyl halides is 3. The standard InChI is InChI=1S/C28H24F3NS2/c1-16-11-21-19-8-6-5-7-18(19)20(13-26(21)33-16)24-12-22(23(15-32-24)28(29,30)31)25-10-9-17(34-25)14-27(2,3)4/h5-13,15H,14H2,1-4H3. The van der Waals surface area contributed by atoms with E-state index in [4.69, 9.17) is 0 Å². The number of hydrogen-bond acceptors (Lipinski definition) is 3. The van der Waals surface area contributed by atoms with Crippen LogP contribution in [0.3, 0.4) is 0 Å². The number of halogens is 3. The summed E-state index contributed by atoms with van der Waals surface area (Å²) in [4.78, 5) is 7.22. The molecule has 0 radical (unpaired) electrons. The van der Waals surface area contributed by atoms with Gasteiger partial charge in [0.25, 0.3) is 0 Å². The molecule has 0 atom stereocenters. The van der Waals surface area contributed by atoms with Crippen molar-refractivity contribution in [2.45, 2.75) is 40.3 Å². The Bertz CT molecular complexity index is 1520. The molecule has 34 heavy (non-hydrogen) atoms. The molecule has 0 saturated carbocycles. The molecule has 0 aliphatic carbocycles. The molecule has 0 amide bonds. The van der Waals surface area contributed by atoms with E-state index in [0.29, 0.717) is 10.6 Å². The van der Waals surface area contributed by atoms with Gasteiger partial charge in [-0.15, -0.1) is 22.7 Å². The lowest BCUT2D eigenvalue weighted by molar-refractivity contribution is -0.137. The lowest BCUT2D eigenvalue weighted by Crippen LogP contribution is -2.08. The maximum atomic E-state index is 14.0. The van der Waals surface area contributed by atoms with E-state index in [1.807, 2.05) is 30.3 Å². The highest BCUT2D eigenvalue weighted by molar-refractivity contribution is 7.19. The number of nitrogens with zero attached hydrogens (tertiary/aromatic N) is 1. The van der Waals surface area contributed by atoms with Crippen molar-refractivity contribution in [3.8, 4) is 21.7 Å². The van der Waals surface area contributed by atoms with E-state index in [0.717, 1.165) is 38.5 Å². The number of thiophene rings is 2. The summed E-state index contributed by atoms with van der Waals surface area (Å²) in [5.74, 6) is 0. The Balaban J connectivity index is 1.72. The molecule has 0 N–H and O–H groups in total. The third kappa shape index (κ3) is 4.37. The van der Waals surface area contributed by atoms with Gasteiger partial charge in [-0.25, -0.2) is 0 Å². The number of aryl methyl sites for hydroxylation is 1. The number of hydrogen-bond donors (Lipinski definition) is 0. The number of benzene rings is 2. The number of rotatable bonds is 3. The van der Waals surface area contributed by atoms with E-state index in [9.17, 15) is 13.2 Å². The molecule has 5 aromatic rings. The van der Waals surface area contributed by atoms with Crippen LogP contribution in [0.1, 0.15) is 36.1 Å². The van der Waals surface area contributed by atoms with E-state index in [1.165, 1.54) is 21.6 Å². The molecule has 0 saturated heterocycles. The van der Waals surface area contributed by atoms with E-state index in [2.05, 4.69) is 50.9 Å². The zero-order chi connectivity index (χ0) is 24.3. The van der Waals surface area contributed by atoms with Gasteiger partial charge in [0.15, 0.2) is 0 Å². The first-order valence-electron chi connectivity index (χ1n) is 11.1. The fourth-order valence-corrected chi connectivity index (χ4v) is 6.71. The van der Waals surface area contributed by atoms with Gasteiger partial charge in [0.1, 0.15) is 0 Å². The molecule has 0 spiro atoms. The maximum Gasteiger partial charge on any atom is 0.418 e. The molecule has 0 fully saturated rings. The summed E-state index contributed by atoms with van der Waals surface area (Å²) in [5, 5.41) is 3.25. The minimum absolute atomic E-state index is 0.0611. The number of fused-ring (bicyclic) bond motifs is 3. The average molecular weight is 496 g/mol. The van der Waals surface area contributed by atoms with Crippen molar-refractivity contribution in [3.63, 3.8) is 0 Å². The van der Waals surface area contributed by atoms with Crippen LogP contribution in [-0.4, -0.2) is 4.98 Å². The highest BCUT2D eigenvalue weighted by Crippen LogP contribution is 2.43. The van der Waals surface area contributed by atoms with Crippen LogP contribution in [0.15, 0.2) is 60.8 Å². The van der Waals surface area contributed by atoms with Crippen LogP contribution in [0.5, 0.6) is 0 Å². The maximum absolute atomic E-state index is 14.0. The van der Waals surface area contributed by atoms with Crippen molar-refractivity contribution < 1.29 is 13.2 Å². The molecular formula is C28H24F3NS2. The summed E-state index contributed by atoms with van der Waals surface area (Å²) in [7, 11) is 0. The Morgan fingerprint density at radius 1 is 0.824 bits per heavy atom. The van der Waals surface area contributed by atoms with Crippen LogP contribution >= 0.6 is 22.7 Å². The first-order valence-corrected chi connectivity index (χ1v) is 12.7. The number of aromatic nitrogens is 1. The summed E-state index contributed by atoms with van der Waals surface area (Å²) < 4.78 is 43.0. The van der Waals surface area contributed by atoms with Crippen molar-refractivity contribution in [1.29, 1.82) is 0 Å². The third-order valence-corrected chi connectivity index (χ3v) is 7.90. The lowest BCUT2D eigenvalue weighted by Gasteiger charge is -2.16. The molecule has 5 rings (SSSR count). The fourth-order valence-electron chi connectivity index (χ4n) is 4.40. The Hall–Kier alpha value is -2.70. The third-order valence-electron chi connectivity index (χ3n) is 5.78. The van der Waals surface area contributed by atoms with E-state index >= 15 is 0 Å². The molecule has 0 aliphatic heterocycles. The minimum Gasteiger partial charge on any atom is -0.256 e. The summed E-state index contributed by atoms with van der Waals surface area (Å²) in [6, 6.07) is 17.6. The predicted octanol–water partition coefficient (Wildman–Crippen LogP) is 9.76. The zero-order valence-electron chi connectivity index (χ0n) is 19.4. The largest absolute Gasteiger partial charge is 0.418 e. The Kier molecular flexibility index (Phi) is 5.57. The predicted molar refractivity (Wildman–Crippen MR) is 139 cm³/mol. The van der Waals surface area contributed by atoms with Crippen molar-refractivity contribution in [3.05, 3.63) is 76.1 Å². The van der Waals surface area contributed by atoms with Crippen LogP contribution in [0.25, 0.3) is 42.6 Å². The molecule has 3 heterocycles. The fraction of sp³-hybridized carbons (Fsp3) is 0.250. The lowest BCUT2D eigenvalue weighted by atomic mass is 9.92. The molecular weight excluding hydrogens is 471 g/mol. The van der Waals surface area contributed by atoms with Gasteiger partial charge in [-0.2, -0.15) is 13.2 Å². The molecule has 0 bridgehead atoms. The molecule has 6 heteroatoms. The first kappa shape index (κ1) is 23.1. The Labute approximate surface area is 204 Å². The van der Waals surface area contributed by atoms with E-state index < -0.39 is 11.7 Å². The highest BCUT2D eigenvalue weighted by atomic mass is 32.1. The summed E-state index contributed by atoms with van der Waals surface area (Å²) >= 11 is 3.12. The van der Waals surface area contributed by atoms with Crippen LogP contribution < -0.4 is 0 Å². The topological polar surface area (TPSA) is 12.9 Å². The van der Waals surface area contributed by atoms with Gasteiger partial charge in [0.2, 0.25) is 0 Å². The minimum atomic E-state index is -4.48. The second-order valence-corrected chi connectivity index (χ2v) is 12.3. The van der Waals surface area contributed by atoms with Gasteiger partial charge < -0.3 is 0 Å². The van der Waals surface area contributed by atoms with Crippen LogP contribution in [0, 0.1) is 12.3 Å². The smallest absolute Gasteiger partial charge is 0.256 e. The monoisotopic (exact) mass is 495 g/mol. The first-order chi connectivity index (χ1) is 16.0. The molecule has 1 nitrogen and oxygen atoms in total. The van der Waals surface area contributed by atoms with Gasteiger partial charge in [0.05, 0.1) is 11.3 Å². The van der Waals surface area contributed by atoms with Gasteiger partial charge in [0, 0.05) is 42.0 Å². The molecule has 174 valence electrons. The van der Waals surface area contributed by atoms with Crippen molar-refractivity contribution in [1.82, 2.24) is 4.98 Å². The van der Waals surface area contributed by atoms with Gasteiger partial charge in [-0.05, 0) is 59.9 Å². The van der Waals surface area contributed by atoms with E-state index in [-0.39, 0.29) is 11.0 Å². The molecule has 0 unspecified atom stereocenters. The van der Waals surface area contributed by atoms with Crippen molar-refractivity contribution in [2.24, 2.45) is 5.41 Å². The van der Waals surface area contributed by atoms with Crippen molar-refractivity contribution >= 4 is 43.5 Å². The van der Waals surface area contributed by atoms with Gasteiger partial charge in [-0.1, -0.05) is 45.0 Å². The quantitative estimate of drug-likeness (QED) is 0.243. The van der Waals surface area contributed by atoms with Crippen LogP contribution in [0.4, 0.5) is 13.2 Å². The molecule has 0 aliphatic rings. The van der Waals surface area contributed by atoms with Crippen molar-refractivity contribution in [2.75, 3.05) is 0 Å². The second kappa shape index (κ2) is 8.21. The zero-order valence-corrected chi connectivity index (χ0v) is 21.0. The number of pyridine rings is 1. The normalized spacial score (nSPS) is 12.7. The highest BCUT2D eigenvalue weighted by Gasteiger charge is 2.35. The summed E-state index contributed by atoms with van der Waals surface area (Å²) in [6.45, 7) is 8.46. The summed E-state index contributed by atoms with van der Waals surface area (Å²) in [6.07, 6.45) is -2.67. The second-order valence-electron chi connectivity index (χ2n) is 9.85. The average Bonchev–Trinajstić information content (AvgIpc) is 3.36. The van der Waals surface area contributed by atoms with E-state index in [1.54, 1.807) is 17.4 Å². The summed E-state index contributed by atoms with van der Waals surface area (Å²) in [5.41, 5.74) is 0.960. The van der Waals surface area contributed by atoms with Crippen LogP contribution in [-0.2, 0) is 12.6 Å². The molecule has 2 aromatic carbocycles. The Morgan fingerprint density at radius 2 is 1.56 bits per heavy atom. The molecule has 3 aromatic heterocycles. The van der Waals surface area contributed by atoms with Gasteiger partial charge >= 0.3 is 6.18 Å². The van der Waals surface area contributed by atoms with Gasteiger partial charge in [-0.3, -0.25) is 4.98 Å².